The van der Waals surface area contributed by atoms with Crippen molar-refractivity contribution in [2.75, 3.05) is 13.1 Å². The molecule has 2 nitrogen and oxygen atoms in total. The van der Waals surface area contributed by atoms with Gasteiger partial charge in [-0.3, -0.25) is 0 Å². The van der Waals surface area contributed by atoms with E-state index in [0.29, 0.717) is 0 Å². The lowest BCUT2D eigenvalue weighted by Gasteiger charge is -2.14. The van der Waals surface area contributed by atoms with Crippen molar-refractivity contribution in [1.82, 2.24) is 10.6 Å². The first-order valence-corrected chi connectivity index (χ1v) is 4.92. The van der Waals surface area contributed by atoms with E-state index in [1.54, 1.807) is 0 Å². The maximum absolute atomic E-state index is 3.69. The summed E-state index contributed by atoms with van der Waals surface area (Å²) in [4.78, 5) is 0. The Hall–Kier alpha value is -0.0800. The minimum absolute atomic E-state index is 0.817. The zero-order chi connectivity index (χ0) is 7.52. The fourth-order valence-corrected chi connectivity index (χ4v) is 1.77. The summed E-state index contributed by atoms with van der Waals surface area (Å²) in [6, 6.07) is 1.70. The van der Waals surface area contributed by atoms with Crippen LogP contribution in [0.15, 0.2) is 0 Å². The summed E-state index contributed by atoms with van der Waals surface area (Å²) in [7, 11) is 0. The van der Waals surface area contributed by atoms with Crippen LogP contribution in [0.5, 0.6) is 0 Å². The van der Waals surface area contributed by atoms with Crippen molar-refractivity contribution < 1.29 is 0 Å². The normalized spacial score (nSPS) is 33.3. The first-order chi connectivity index (χ1) is 5.45. The lowest BCUT2D eigenvalue weighted by molar-refractivity contribution is 0.467. The van der Waals surface area contributed by atoms with Crippen molar-refractivity contribution >= 4 is 0 Å². The molecule has 0 aromatic carbocycles. The Morgan fingerprint density at radius 1 is 0.909 bits per heavy atom. The van der Waals surface area contributed by atoms with Crippen LogP contribution in [0.25, 0.3) is 0 Å². The summed E-state index contributed by atoms with van der Waals surface area (Å²) in [5.74, 6) is 0. The molecule has 1 aliphatic heterocycles. The largest absolute Gasteiger partial charge is 0.317 e. The van der Waals surface area contributed by atoms with Gasteiger partial charge in [0.2, 0.25) is 0 Å². The zero-order valence-electron chi connectivity index (χ0n) is 7.10. The van der Waals surface area contributed by atoms with Gasteiger partial charge in [0.25, 0.3) is 0 Å². The lowest BCUT2D eigenvalue weighted by Crippen LogP contribution is -2.31. The Labute approximate surface area is 68.7 Å². The Bertz CT molecular complexity index is 113. The molecule has 0 amide bonds. The van der Waals surface area contributed by atoms with Crippen LogP contribution in [-0.4, -0.2) is 25.2 Å². The van der Waals surface area contributed by atoms with Crippen LogP contribution >= 0.6 is 0 Å². The van der Waals surface area contributed by atoms with Crippen molar-refractivity contribution in [2.24, 2.45) is 0 Å². The van der Waals surface area contributed by atoms with Gasteiger partial charge in [-0.15, -0.1) is 0 Å². The van der Waals surface area contributed by atoms with E-state index < -0.39 is 0 Å². The zero-order valence-corrected chi connectivity index (χ0v) is 7.10. The molecule has 0 bridgehead atoms. The minimum atomic E-state index is 0.817. The Balaban J connectivity index is 1.71. The molecule has 1 saturated carbocycles. The molecule has 2 fully saturated rings. The average molecular weight is 154 g/mol. The number of hydrogen-bond acceptors (Lipinski definition) is 2. The highest BCUT2D eigenvalue weighted by molar-refractivity contribution is 4.85. The van der Waals surface area contributed by atoms with Crippen LogP contribution in [0.4, 0.5) is 0 Å². The Morgan fingerprint density at radius 3 is 2.55 bits per heavy atom. The van der Waals surface area contributed by atoms with E-state index in [-0.39, 0.29) is 0 Å². The Morgan fingerprint density at radius 2 is 1.73 bits per heavy atom. The van der Waals surface area contributed by atoms with Gasteiger partial charge < -0.3 is 10.6 Å². The summed E-state index contributed by atoms with van der Waals surface area (Å²) in [6.45, 7) is 2.44. The average Bonchev–Trinajstić information content (AvgIpc) is 2.77. The molecule has 2 heteroatoms. The van der Waals surface area contributed by atoms with Crippen molar-refractivity contribution in [1.29, 1.82) is 0 Å². The number of nitrogens with one attached hydrogen (secondary N) is 2. The van der Waals surface area contributed by atoms with Gasteiger partial charge in [0.05, 0.1) is 0 Å². The minimum Gasteiger partial charge on any atom is -0.317 e. The van der Waals surface area contributed by atoms with E-state index >= 15 is 0 Å². The van der Waals surface area contributed by atoms with Crippen molar-refractivity contribution in [3.05, 3.63) is 0 Å². The molecule has 0 aromatic rings. The van der Waals surface area contributed by atoms with Gasteiger partial charge in [0, 0.05) is 12.1 Å². The topological polar surface area (TPSA) is 24.1 Å². The van der Waals surface area contributed by atoms with Crippen LogP contribution in [-0.2, 0) is 0 Å². The smallest absolute Gasteiger partial charge is 0.00822 e. The molecule has 11 heavy (non-hydrogen) atoms. The van der Waals surface area contributed by atoms with Gasteiger partial charge in [-0.1, -0.05) is 0 Å². The van der Waals surface area contributed by atoms with E-state index in [2.05, 4.69) is 10.6 Å². The molecule has 1 atom stereocenters. The number of hydrogen-bond donors (Lipinski definition) is 2. The third-order valence-electron chi connectivity index (χ3n) is 2.62. The van der Waals surface area contributed by atoms with E-state index in [9.17, 15) is 0 Å². The molecular weight excluding hydrogens is 136 g/mol. The molecule has 2 rings (SSSR count). The summed E-state index contributed by atoms with van der Waals surface area (Å²) >= 11 is 0. The van der Waals surface area contributed by atoms with Crippen LogP contribution < -0.4 is 10.6 Å². The van der Waals surface area contributed by atoms with Gasteiger partial charge in [-0.05, 0) is 45.2 Å². The second-order valence-corrected chi connectivity index (χ2v) is 3.82. The fraction of sp³-hybridized carbons (Fsp3) is 1.00. The quantitative estimate of drug-likeness (QED) is 0.617. The standard InChI is InChI=1S/C9H18N2/c1-2-8(5-7-10-6-1)11-9-3-4-9/h8-11H,1-7H2. The van der Waals surface area contributed by atoms with Crippen molar-refractivity contribution in [2.45, 2.75) is 44.2 Å². The first-order valence-electron chi connectivity index (χ1n) is 4.92. The summed E-state index contributed by atoms with van der Waals surface area (Å²) in [6.07, 6.45) is 6.90. The predicted octanol–water partition coefficient (Wildman–Crippen LogP) is 0.880. The molecule has 1 heterocycles. The van der Waals surface area contributed by atoms with Crippen LogP contribution in [0.1, 0.15) is 32.1 Å². The monoisotopic (exact) mass is 154 g/mol. The van der Waals surface area contributed by atoms with Gasteiger partial charge in [0.1, 0.15) is 0 Å². The predicted molar refractivity (Wildman–Crippen MR) is 46.7 cm³/mol. The maximum Gasteiger partial charge on any atom is 0.00822 e. The molecular formula is C9H18N2. The summed E-state index contributed by atoms with van der Waals surface area (Å²) in [5.41, 5.74) is 0. The summed E-state index contributed by atoms with van der Waals surface area (Å²) < 4.78 is 0. The molecule has 0 aromatic heterocycles. The first kappa shape index (κ1) is 7.56. The third kappa shape index (κ3) is 2.46. The molecule has 2 N–H and O–H groups in total. The van der Waals surface area contributed by atoms with E-state index in [1.165, 1.54) is 45.2 Å². The molecule has 0 spiro atoms. The fourth-order valence-electron chi connectivity index (χ4n) is 1.77. The molecule has 64 valence electrons. The Kier molecular flexibility index (Phi) is 2.44. The highest BCUT2D eigenvalue weighted by atomic mass is 15.0. The van der Waals surface area contributed by atoms with Crippen molar-refractivity contribution in [3.8, 4) is 0 Å². The highest BCUT2D eigenvalue weighted by Gasteiger charge is 2.24. The van der Waals surface area contributed by atoms with Crippen LogP contribution in [0, 0.1) is 0 Å². The second-order valence-electron chi connectivity index (χ2n) is 3.82. The SMILES string of the molecule is C1CNCCC(NC2CC2)C1. The molecule has 2 aliphatic rings. The second kappa shape index (κ2) is 3.55. The molecule has 1 saturated heterocycles. The summed E-state index contributed by atoms with van der Waals surface area (Å²) in [5, 5.41) is 7.12. The highest BCUT2D eigenvalue weighted by Crippen LogP contribution is 2.21. The van der Waals surface area contributed by atoms with Gasteiger partial charge in [-0.25, -0.2) is 0 Å². The maximum atomic E-state index is 3.69. The van der Waals surface area contributed by atoms with Crippen molar-refractivity contribution in [3.63, 3.8) is 0 Å². The molecule has 0 radical (unpaired) electrons. The lowest BCUT2D eigenvalue weighted by atomic mass is 10.1. The third-order valence-corrected chi connectivity index (χ3v) is 2.62. The van der Waals surface area contributed by atoms with E-state index in [0.717, 1.165) is 12.1 Å². The van der Waals surface area contributed by atoms with Gasteiger partial charge >= 0.3 is 0 Å². The number of rotatable bonds is 2. The van der Waals surface area contributed by atoms with Gasteiger partial charge in [0.15, 0.2) is 0 Å². The van der Waals surface area contributed by atoms with Crippen LogP contribution in [0.2, 0.25) is 0 Å². The van der Waals surface area contributed by atoms with E-state index in [1.807, 2.05) is 0 Å². The van der Waals surface area contributed by atoms with Gasteiger partial charge in [-0.2, -0.15) is 0 Å². The van der Waals surface area contributed by atoms with E-state index in [4.69, 9.17) is 0 Å². The van der Waals surface area contributed by atoms with Crippen LogP contribution in [0.3, 0.4) is 0 Å². The molecule has 1 unspecified atom stereocenters. The molecule has 1 aliphatic carbocycles.